The maximum absolute atomic E-state index is 10.7. The number of hydrogen-bond donors (Lipinski definition) is 1. The number of carbonyl (C=O) groups is 1. The largest absolute Gasteiger partial charge is 0.480 e. The van der Waals surface area contributed by atoms with Crippen LogP contribution >= 0.6 is 0 Å². The van der Waals surface area contributed by atoms with Gasteiger partial charge in [0.05, 0.1) is 5.69 Å². The van der Waals surface area contributed by atoms with Gasteiger partial charge in [0, 0.05) is 19.8 Å². The van der Waals surface area contributed by atoms with Crippen molar-refractivity contribution in [3.8, 4) is 0 Å². The number of aromatic nitrogens is 3. The first-order valence-corrected chi connectivity index (χ1v) is 4.29. The summed E-state index contributed by atoms with van der Waals surface area (Å²) in [4.78, 5) is 12.4. The Morgan fingerprint density at radius 3 is 2.86 bits per heavy atom. The monoisotopic (exact) mass is 198 g/mol. The van der Waals surface area contributed by atoms with Gasteiger partial charge in [0.15, 0.2) is 0 Å². The number of carboxylic acids is 1. The maximum Gasteiger partial charge on any atom is 0.320 e. The Morgan fingerprint density at radius 1 is 1.79 bits per heavy atom. The van der Waals surface area contributed by atoms with Crippen molar-refractivity contribution >= 4 is 5.97 Å². The number of rotatable bonds is 4. The zero-order valence-electron chi connectivity index (χ0n) is 8.51. The number of likely N-dealkylation sites (N-methyl/N-ethyl adjacent to an activating group) is 1. The standard InChI is InChI=1S/C8H14N4O2/c1-6(8(13)14)11(2)4-7-5-12(3)10-9-7/h5-6H,4H2,1-3H3,(H,13,14). The summed E-state index contributed by atoms with van der Waals surface area (Å²) in [5.74, 6) is -0.837. The molecule has 0 aliphatic heterocycles. The van der Waals surface area contributed by atoms with Crippen molar-refractivity contribution in [2.75, 3.05) is 7.05 Å². The van der Waals surface area contributed by atoms with Crippen molar-refractivity contribution in [1.82, 2.24) is 19.9 Å². The molecule has 0 aliphatic carbocycles. The third kappa shape index (κ3) is 2.53. The second kappa shape index (κ2) is 4.19. The molecule has 78 valence electrons. The fourth-order valence-electron chi connectivity index (χ4n) is 1.05. The summed E-state index contributed by atoms with van der Waals surface area (Å²) in [5.41, 5.74) is 0.767. The third-order valence-electron chi connectivity index (χ3n) is 2.08. The van der Waals surface area contributed by atoms with Crippen LogP contribution in [0.4, 0.5) is 0 Å². The van der Waals surface area contributed by atoms with Crippen LogP contribution in [-0.4, -0.2) is 44.1 Å². The van der Waals surface area contributed by atoms with Crippen molar-refractivity contribution in [2.24, 2.45) is 7.05 Å². The van der Waals surface area contributed by atoms with E-state index in [9.17, 15) is 4.79 Å². The smallest absolute Gasteiger partial charge is 0.320 e. The minimum Gasteiger partial charge on any atom is -0.480 e. The molecule has 0 saturated carbocycles. The zero-order valence-corrected chi connectivity index (χ0v) is 8.51. The molecule has 1 atom stereocenters. The van der Waals surface area contributed by atoms with E-state index in [0.717, 1.165) is 5.69 Å². The maximum atomic E-state index is 10.7. The van der Waals surface area contributed by atoms with E-state index in [2.05, 4.69) is 10.3 Å². The lowest BCUT2D eigenvalue weighted by Crippen LogP contribution is -2.35. The molecule has 6 nitrogen and oxygen atoms in total. The van der Waals surface area contributed by atoms with Crippen molar-refractivity contribution in [3.63, 3.8) is 0 Å². The Balaban J connectivity index is 2.56. The normalized spacial score (nSPS) is 13.1. The van der Waals surface area contributed by atoms with E-state index in [-0.39, 0.29) is 0 Å². The fourth-order valence-corrected chi connectivity index (χ4v) is 1.05. The van der Waals surface area contributed by atoms with Gasteiger partial charge in [-0.25, -0.2) is 0 Å². The van der Waals surface area contributed by atoms with Gasteiger partial charge in [-0.2, -0.15) is 0 Å². The molecule has 0 amide bonds. The van der Waals surface area contributed by atoms with Crippen LogP contribution in [0.15, 0.2) is 6.20 Å². The van der Waals surface area contributed by atoms with Gasteiger partial charge >= 0.3 is 5.97 Å². The van der Waals surface area contributed by atoms with Gasteiger partial charge in [0.25, 0.3) is 0 Å². The fraction of sp³-hybridized carbons (Fsp3) is 0.625. The summed E-state index contributed by atoms with van der Waals surface area (Å²) in [5, 5.41) is 16.4. The molecule has 0 saturated heterocycles. The molecule has 0 aromatic carbocycles. The molecule has 1 aromatic heterocycles. The molecule has 0 bridgehead atoms. The van der Waals surface area contributed by atoms with Crippen LogP contribution in [0.1, 0.15) is 12.6 Å². The Kier molecular flexibility index (Phi) is 3.19. The minimum absolute atomic E-state index is 0.487. The number of aliphatic carboxylic acids is 1. The van der Waals surface area contributed by atoms with Crippen LogP contribution in [0.3, 0.4) is 0 Å². The predicted octanol–water partition coefficient (Wildman–Crippen LogP) is -0.280. The second-order valence-electron chi connectivity index (χ2n) is 3.31. The first-order chi connectivity index (χ1) is 6.50. The molecular formula is C8H14N4O2. The summed E-state index contributed by atoms with van der Waals surface area (Å²) < 4.78 is 1.59. The van der Waals surface area contributed by atoms with Gasteiger partial charge in [0.1, 0.15) is 6.04 Å². The average Bonchev–Trinajstić information content (AvgIpc) is 2.49. The van der Waals surface area contributed by atoms with Crippen LogP contribution < -0.4 is 0 Å². The van der Waals surface area contributed by atoms with Gasteiger partial charge in [-0.3, -0.25) is 14.4 Å². The first kappa shape index (κ1) is 10.6. The molecular weight excluding hydrogens is 184 g/mol. The van der Waals surface area contributed by atoms with E-state index in [1.165, 1.54) is 0 Å². The quantitative estimate of drug-likeness (QED) is 0.720. The number of hydrogen-bond acceptors (Lipinski definition) is 4. The van der Waals surface area contributed by atoms with Gasteiger partial charge in [-0.05, 0) is 14.0 Å². The number of aryl methyl sites for hydroxylation is 1. The molecule has 14 heavy (non-hydrogen) atoms. The van der Waals surface area contributed by atoms with Gasteiger partial charge < -0.3 is 5.11 Å². The average molecular weight is 198 g/mol. The summed E-state index contributed by atoms with van der Waals surface area (Å²) >= 11 is 0. The van der Waals surface area contributed by atoms with E-state index >= 15 is 0 Å². The van der Waals surface area contributed by atoms with Crippen LogP contribution in [0.5, 0.6) is 0 Å². The molecule has 0 aliphatic rings. The Hall–Kier alpha value is -1.43. The molecule has 0 spiro atoms. The van der Waals surface area contributed by atoms with E-state index in [1.807, 2.05) is 0 Å². The molecule has 1 unspecified atom stereocenters. The van der Waals surface area contributed by atoms with E-state index in [1.54, 1.807) is 36.8 Å². The predicted molar refractivity (Wildman–Crippen MR) is 49.6 cm³/mol. The third-order valence-corrected chi connectivity index (χ3v) is 2.08. The Morgan fingerprint density at radius 2 is 2.43 bits per heavy atom. The van der Waals surface area contributed by atoms with Crippen LogP contribution in [-0.2, 0) is 18.4 Å². The first-order valence-electron chi connectivity index (χ1n) is 4.29. The summed E-state index contributed by atoms with van der Waals surface area (Å²) in [6.07, 6.45) is 1.77. The van der Waals surface area contributed by atoms with Crippen LogP contribution in [0.25, 0.3) is 0 Å². The van der Waals surface area contributed by atoms with Gasteiger partial charge in [0.2, 0.25) is 0 Å². The zero-order chi connectivity index (χ0) is 10.7. The highest BCUT2D eigenvalue weighted by Crippen LogP contribution is 2.02. The lowest BCUT2D eigenvalue weighted by atomic mass is 10.3. The molecule has 6 heteroatoms. The van der Waals surface area contributed by atoms with Gasteiger partial charge in [-0.15, -0.1) is 5.10 Å². The minimum atomic E-state index is -0.837. The van der Waals surface area contributed by atoms with Gasteiger partial charge in [-0.1, -0.05) is 5.21 Å². The highest BCUT2D eigenvalue weighted by atomic mass is 16.4. The molecule has 1 rings (SSSR count). The number of nitrogens with zero attached hydrogens (tertiary/aromatic N) is 4. The van der Waals surface area contributed by atoms with Crippen molar-refractivity contribution in [2.45, 2.75) is 19.5 Å². The van der Waals surface area contributed by atoms with Crippen LogP contribution in [0.2, 0.25) is 0 Å². The van der Waals surface area contributed by atoms with Crippen molar-refractivity contribution in [1.29, 1.82) is 0 Å². The Labute approximate surface area is 82.1 Å². The molecule has 1 N–H and O–H groups in total. The number of carboxylic acid groups (broad SMARTS) is 1. The van der Waals surface area contributed by atoms with Crippen molar-refractivity contribution < 1.29 is 9.90 Å². The summed E-state index contributed by atoms with van der Waals surface area (Å²) in [6, 6.07) is -0.517. The van der Waals surface area contributed by atoms with E-state index < -0.39 is 12.0 Å². The summed E-state index contributed by atoms with van der Waals surface area (Å²) in [7, 11) is 3.52. The molecule has 1 heterocycles. The highest BCUT2D eigenvalue weighted by molar-refractivity contribution is 5.72. The topological polar surface area (TPSA) is 71.2 Å². The summed E-state index contributed by atoms with van der Waals surface area (Å²) in [6.45, 7) is 2.13. The van der Waals surface area contributed by atoms with E-state index in [4.69, 9.17) is 5.11 Å². The lowest BCUT2D eigenvalue weighted by molar-refractivity contribution is -0.142. The Bertz CT molecular complexity index is 323. The van der Waals surface area contributed by atoms with E-state index in [0.29, 0.717) is 6.54 Å². The highest BCUT2D eigenvalue weighted by Gasteiger charge is 2.17. The molecule has 1 aromatic rings. The second-order valence-corrected chi connectivity index (χ2v) is 3.31. The molecule has 0 fully saturated rings. The van der Waals surface area contributed by atoms with Crippen molar-refractivity contribution in [3.05, 3.63) is 11.9 Å². The molecule has 0 radical (unpaired) electrons. The SMILES string of the molecule is CC(C(=O)O)N(C)Cc1cn(C)nn1. The lowest BCUT2D eigenvalue weighted by Gasteiger charge is -2.19. The van der Waals surface area contributed by atoms with Crippen LogP contribution in [0, 0.1) is 0 Å².